The van der Waals surface area contributed by atoms with Gasteiger partial charge in [0.1, 0.15) is 5.82 Å². The van der Waals surface area contributed by atoms with E-state index in [-0.39, 0.29) is 11.8 Å². The lowest BCUT2D eigenvalue weighted by Crippen LogP contribution is -2.14. The minimum absolute atomic E-state index is 0.262. The van der Waals surface area contributed by atoms with Crippen LogP contribution in [0.15, 0.2) is 42.6 Å². The molecule has 2 aromatic rings. The first-order valence-corrected chi connectivity index (χ1v) is 6.13. The molecule has 0 aliphatic rings. The molecular formula is C15H12N4O2. The Bertz CT molecular complexity index is 734. The van der Waals surface area contributed by atoms with Gasteiger partial charge in [0.2, 0.25) is 5.91 Å². The number of hydrogen-bond acceptors (Lipinski definition) is 4. The summed E-state index contributed by atoms with van der Waals surface area (Å²) < 4.78 is 0. The van der Waals surface area contributed by atoms with Gasteiger partial charge in [-0.05, 0) is 30.3 Å². The van der Waals surface area contributed by atoms with Gasteiger partial charge in [0.05, 0.1) is 11.6 Å². The summed E-state index contributed by atoms with van der Waals surface area (Å²) in [5.74, 6) is -0.304. The van der Waals surface area contributed by atoms with Crippen molar-refractivity contribution in [3.8, 4) is 6.07 Å². The Hall–Kier alpha value is -3.20. The molecule has 0 atom stereocenters. The van der Waals surface area contributed by atoms with Crippen LogP contribution in [0.25, 0.3) is 0 Å². The lowest BCUT2D eigenvalue weighted by molar-refractivity contribution is -0.114. The molecule has 0 unspecified atom stereocenters. The topological polar surface area (TPSA) is 94.9 Å². The molecule has 2 rings (SSSR count). The molecule has 0 radical (unpaired) electrons. The highest BCUT2D eigenvalue weighted by molar-refractivity contribution is 6.05. The fourth-order valence-corrected chi connectivity index (χ4v) is 1.69. The van der Waals surface area contributed by atoms with E-state index in [1.165, 1.54) is 25.3 Å². The molecule has 0 saturated heterocycles. The van der Waals surface area contributed by atoms with Crippen molar-refractivity contribution in [3.05, 3.63) is 53.7 Å². The van der Waals surface area contributed by atoms with Crippen molar-refractivity contribution < 1.29 is 9.59 Å². The first-order chi connectivity index (χ1) is 10.1. The van der Waals surface area contributed by atoms with Crippen molar-refractivity contribution in [2.75, 3.05) is 10.6 Å². The first-order valence-electron chi connectivity index (χ1n) is 6.13. The number of carbonyl (C=O) groups is 2. The van der Waals surface area contributed by atoms with Crippen LogP contribution in [0.4, 0.5) is 11.5 Å². The number of nitrogens with one attached hydrogen (secondary N) is 2. The largest absolute Gasteiger partial charge is 0.322 e. The van der Waals surface area contributed by atoms with Gasteiger partial charge < -0.3 is 10.6 Å². The smallest absolute Gasteiger partial charge is 0.255 e. The van der Waals surface area contributed by atoms with Crippen LogP contribution in [-0.4, -0.2) is 16.8 Å². The Balaban J connectivity index is 2.16. The Labute approximate surface area is 121 Å². The third kappa shape index (κ3) is 3.88. The second kappa shape index (κ2) is 6.30. The Morgan fingerprint density at radius 3 is 2.71 bits per heavy atom. The SMILES string of the molecule is CC(=O)Nc1cc(C(=O)Nc2cccc(C#N)c2)ccn1. The van der Waals surface area contributed by atoms with Gasteiger partial charge in [0.25, 0.3) is 5.91 Å². The summed E-state index contributed by atoms with van der Waals surface area (Å²) in [5, 5.41) is 14.0. The van der Waals surface area contributed by atoms with Gasteiger partial charge in [0.15, 0.2) is 0 Å². The van der Waals surface area contributed by atoms with E-state index in [1.54, 1.807) is 24.3 Å². The van der Waals surface area contributed by atoms with Crippen LogP contribution >= 0.6 is 0 Å². The molecule has 1 aromatic carbocycles. The predicted molar refractivity (Wildman–Crippen MR) is 77.7 cm³/mol. The molecule has 2 amide bonds. The van der Waals surface area contributed by atoms with Crippen molar-refractivity contribution in [2.45, 2.75) is 6.92 Å². The molecule has 0 saturated carbocycles. The number of rotatable bonds is 3. The fraction of sp³-hybridized carbons (Fsp3) is 0.0667. The summed E-state index contributed by atoms with van der Waals surface area (Å²) in [6, 6.07) is 11.6. The van der Waals surface area contributed by atoms with Gasteiger partial charge in [-0.15, -0.1) is 0 Å². The van der Waals surface area contributed by atoms with Crippen molar-refractivity contribution in [2.24, 2.45) is 0 Å². The number of carbonyl (C=O) groups excluding carboxylic acids is 2. The van der Waals surface area contributed by atoms with Crippen molar-refractivity contribution in [1.82, 2.24) is 4.98 Å². The standard InChI is InChI=1S/C15H12N4O2/c1-10(20)18-14-8-12(5-6-17-14)15(21)19-13-4-2-3-11(7-13)9-16/h2-8H,1H3,(H,19,21)(H,17,18,20). The molecule has 0 aliphatic heterocycles. The van der Waals surface area contributed by atoms with Crippen molar-refractivity contribution in [3.63, 3.8) is 0 Å². The van der Waals surface area contributed by atoms with Crippen LogP contribution in [0, 0.1) is 11.3 Å². The van der Waals surface area contributed by atoms with E-state index in [9.17, 15) is 9.59 Å². The molecule has 104 valence electrons. The molecule has 0 fully saturated rings. The lowest BCUT2D eigenvalue weighted by Gasteiger charge is -2.07. The van der Waals surface area contributed by atoms with Crippen LogP contribution in [0.5, 0.6) is 0 Å². The van der Waals surface area contributed by atoms with Gasteiger partial charge in [-0.1, -0.05) is 6.07 Å². The normalized spacial score (nSPS) is 9.52. The zero-order valence-corrected chi connectivity index (χ0v) is 11.3. The summed E-state index contributed by atoms with van der Waals surface area (Å²) in [7, 11) is 0. The zero-order valence-electron chi connectivity index (χ0n) is 11.3. The average Bonchev–Trinajstić information content (AvgIpc) is 2.47. The van der Waals surface area contributed by atoms with E-state index >= 15 is 0 Å². The van der Waals surface area contributed by atoms with E-state index in [1.807, 2.05) is 6.07 Å². The van der Waals surface area contributed by atoms with E-state index in [0.717, 1.165) is 0 Å². The molecule has 21 heavy (non-hydrogen) atoms. The maximum absolute atomic E-state index is 12.1. The summed E-state index contributed by atoms with van der Waals surface area (Å²) in [6.07, 6.45) is 1.44. The monoisotopic (exact) mass is 280 g/mol. The van der Waals surface area contributed by atoms with Gasteiger partial charge in [-0.2, -0.15) is 5.26 Å². The van der Waals surface area contributed by atoms with Gasteiger partial charge >= 0.3 is 0 Å². The summed E-state index contributed by atoms with van der Waals surface area (Å²) >= 11 is 0. The van der Waals surface area contributed by atoms with E-state index in [4.69, 9.17) is 5.26 Å². The second-order valence-electron chi connectivity index (χ2n) is 4.26. The number of benzene rings is 1. The van der Waals surface area contributed by atoms with Gasteiger partial charge in [-0.3, -0.25) is 9.59 Å². The molecule has 1 aromatic heterocycles. The number of pyridine rings is 1. The number of nitriles is 1. The first kappa shape index (κ1) is 14.2. The van der Waals surface area contributed by atoms with E-state index in [0.29, 0.717) is 22.6 Å². The van der Waals surface area contributed by atoms with Gasteiger partial charge in [-0.25, -0.2) is 4.98 Å². The summed E-state index contributed by atoms with van der Waals surface area (Å²) in [4.78, 5) is 27.0. The number of hydrogen-bond donors (Lipinski definition) is 2. The maximum Gasteiger partial charge on any atom is 0.255 e. The lowest BCUT2D eigenvalue weighted by atomic mass is 10.2. The van der Waals surface area contributed by atoms with E-state index < -0.39 is 0 Å². The van der Waals surface area contributed by atoms with Crippen LogP contribution < -0.4 is 10.6 Å². The van der Waals surface area contributed by atoms with Crippen molar-refractivity contribution in [1.29, 1.82) is 5.26 Å². The summed E-state index contributed by atoms with van der Waals surface area (Å²) in [6.45, 7) is 1.36. The molecule has 6 heteroatoms. The number of amides is 2. The van der Waals surface area contributed by atoms with Crippen LogP contribution in [0.1, 0.15) is 22.8 Å². The summed E-state index contributed by atoms with van der Waals surface area (Å²) in [5.41, 5.74) is 1.34. The average molecular weight is 280 g/mol. The molecule has 2 N–H and O–H groups in total. The second-order valence-corrected chi connectivity index (χ2v) is 4.26. The maximum atomic E-state index is 12.1. The van der Waals surface area contributed by atoms with Crippen molar-refractivity contribution >= 4 is 23.3 Å². The number of anilines is 2. The number of aromatic nitrogens is 1. The zero-order chi connectivity index (χ0) is 15.2. The van der Waals surface area contributed by atoms with E-state index in [2.05, 4.69) is 15.6 Å². The predicted octanol–water partition coefficient (Wildman–Crippen LogP) is 2.16. The highest BCUT2D eigenvalue weighted by Gasteiger charge is 2.08. The molecular weight excluding hydrogens is 268 g/mol. The molecule has 6 nitrogen and oxygen atoms in total. The van der Waals surface area contributed by atoms with Crippen LogP contribution in [-0.2, 0) is 4.79 Å². The third-order valence-electron chi connectivity index (χ3n) is 2.58. The minimum Gasteiger partial charge on any atom is -0.322 e. The van der Waals surface area contributed by atoms with Gasteiger partial charge in [0, 0.05) is 24.4 Å². The Kier molecular flexibility index (Phi) is 4.26. The molecule has 1 heterocycles. The molecule has 0 aliphatic carbocycles. The highest BCUT2D eigenvalue weighted by atomic mass is 16.2. The molecule has 0 spiro atoms. The molecule has 0 bridgehead atoms. The van der Waals surface area contributed by atoms with Crippen LogP contribution in [0.2, 0.25) is 0 Å². The third-order valence-corrected chi connectivity index (χ3v) is 2.58. The van der Waals surface area contributed by atoms with Crippen LogP contribution in [0.3, 0.4) is 0 Å². The number of nitrogens with zero attached hydrogens (tertiary/aromatic N) is 2. The minimum atomic E-state index is -0.348. The Morgan fingerprint density at radius 2 is 2.00 bits per heavy atom. The quantitative estimate of drug-likeness (QED) is 0.900. The highest BCUT2D eigenvalue weighted by Crippen LogP contribution is 2.13. The Morgan fingerprint density at radius 1 is 1.19 bits per heavy atom. The fourth-order valence-electron chi connectivity index (χ4n) is 1.69.